The zero-order valence-electron chi connectivity index (χ0n) is 19.1. The zero-order valence-corrected chi connectivity index (χ0v) is 19.1. The number of carbonyl (C=O) groups excluding carboxylic acids is 1. The smallest absolute Gasteiger partial charge is 0.342 e. The van der Waals surface area contributed by atoms with Crippen LogP contribution in [-0.2, 0) is 17.9 Å². The molecule has 0 spiro atoms. The summed E-state index contributed by atoms with van der Waals surface area (Å²) < 4.78 is 29.5. The highest BCUT2D eigenvalue weighted by atomic mass is 19.1. The number of fused-ring (bicyclic) bond motifs is 1. The third-order valence-corrected chi connectivity index (χ3v) is 6.52. The number of halogens is 1. The minimum absolute atomic E-state index is 0.0766. The maximum absolute atomic E-state index is 13.5. The second-order valence-electron chi connectivity index (χ2n) is 8.67. The van der Waals surface area contributed by atoms with Crippen molar-refractivity contribution >= 4 is 16.9 Å². The van der Waals surface area contributed by atoms with Gasteiger partial charge in [-0.25, -0.2) is 9.18 Å². The summed E-state index contributed by atoms with van der Waals surface area (Å²) in [6.07, 6.45) is 5.62. The Kier molecular flexibility index (Phi) is 6.36. The van der Waals surface area contributed by atoms with Gasteiger partial charge in [0.15, 0.2) is 0 Å². The van der Waals surface area contributed by atoms with Gasteiger partial charge in [-0.1, -0.05) is 6.07 Å². The van der Waals surface area contributed by atoms with Crippen LogP contribution in [0.5, 0.6) is 5.75 Å². The summed E-state index contributed by atoms with van der Waals surface area (Å²) in [5.41, 5.74) is 3.56. The van der Waals surface area contributed by atoms with Gasteiger partial charge in [-0.3, -0.25) is 4.90 Å². The SMILES string of the molecule is COc1ccc(CN2CCC(c3c[nH]c4cc(F)ccc34)CC2)cc1C(=O)OCc1ccco1. The predicted molar refractivity (Wildman–Crippen MR) is 126 cm³/mol. The van der Waals surface area contributed by atoms with E-state index in [2.05, 4.69) is 9.88 Å². The first-order valence-corrected chi connectivity index (χ1v) is 11.5. The van der Waals surface area contributed by atoms with E-state index >= 15 is 0 Å². The molecule has 2 aromatic heterocycles. The van der Waals surface area contributed by atoms with Crippen molar-refractivity contribution in [2.45, 2.75) is 31.9 Å². The number of piperidine rings is 1. The van der Waals surface area contributed by atoms with E-state index in [9.17, 15) is 9.18 Å². The lowest BCUT2D eigenvalue weighted by Crippen LogP contribution is -2.32. The number of hydrogen-bond acceptors (Lipinski definition) is 5. The van der Waals surface area contributed by atoms with Crippen LogP contribution in [0.15, 0.2) is 65.4 Å². The van der Waals surface area contributed by atoms with E-state index in [0.29, 0.717) is 23.0 Å². The van der Waals surface area contributed by atoms with Gasteiger partial charge < -0.3 is 18.9 Å². The summed E-state index contributed by atoms with van der Waals surface area (Å²) >= 11 is 0. The Labute approximate surface area is 197 Å². The van der Waals surface area contributed by atoms with Crippen LogP contribution in [0, 0.1) is 5.82 Å². The molecule has 7 heteroatoms. The minimum Gasteiger partial charge on any atom is -0.496 e. The van der Waals surface area contributed by atoms with Gasteiger partial charge in [0.2, 0.25) is 0 Å². The molecule has 0 radical (unpaired) electrons. The standard InChI is InChI=1S/C27H27FN2O4/c1-32-26-7-4-18(13-23(26)27(31)34-17-21-3-2-12-33-21)16-30-10-8-19(9-11-30)24-15-29-25-14-20(28)5-6-22(24)25/h2-7,12-15,19,29H,8-11,16-17H2,1H3. The number of furan rings is 1. The highest BCUT2D eigenvalue weighted by Gasteiger charge is 2.24. The van der Waals surface area contributed by atoms with Crippen molar-refractivity contribution in [2.24, 2.45) is 0 Å². The van der Waals surface area contributed by atoms with Crippen LogP contribution >= 0.6 is 0 Å². The van der Waals surface area contributed by atoms with E-state index in [0.717, 1.165) is 48.9 Å². The Hall–Kier alpha value is -3.58. The summed E-state index contributed by atoms with van der Waals surface area (Å²) in [6.45, 7) is 2.72. The van der Waals surface area contributed by atoms with Crippen LogP contribution in [0.25, 0.3) is 10.9 Å². The number of carbonyl (C=O) groups is 1. The van der Waals surface area contributed by atoms with E-state index in [1.807, 2.05) is 30.5 Å². The lowest BCUT2D eigenvalue weighted by Gasteiger charge is -2.32. The van der Waals surface area contributed by atoms with Crippen LogP contribution in [0.1, 0.15) is 46.0 Å². The third kappa shape index (κ3) is 4.70. The van der Waals surface area contributed by atoms with E-state index in [1.54, 1.807) is 31.6 Å². The molecule has 6 nitrogen and oxygen atoms in total. The van der Waals surface area contributed by atoms with Gasteiger partial charge in [0.1, 0.15) is 29.5 Å². The van der Waals surface area contributed by atoms with Gasteiger partial charge in [0.05, 0.1) is 13.4 Å². The molecule has 176 valence electrons. The number of aromatic amines is 1. The molecule has 4 aromatic rings. The number of likely N-dealkylation sites (tertiary alicyclic amines) is 1. The summed E-state index contributed by atoms with van der Waals surface area (Å²) in [5, 5.41) is 1.10. The van der Waals surface area contributed by atoms with Gasteiger partial charge >= 0.3 is 5.97 Å². The zero-order chi connectivity index (χ0) is 23.5. The van der Waals surface area contributed by atoms with Crippen LogP contribution in [0.4, 0.5) is 4.39 Å². The Balaban J connectivity index is 1.22. The van der Waals surface area contributed by atoms with Crippen molar-refractivity contribution < 1.29 is 23.1 Å². The van der Waals surface area contributed by atoms with Crippen LogP contribution in [0.2, 0.25) is 0 Å². The molecule has 1 aliphatic rings. The van der Waals surface area contributed by atoms with Crippen molar-refractivity contribution in [2.75, 3.05) is 20.2 Å². The monoisotopic (exact) mass is 462 g/mol. The molecule has 34 heavy (non-hydrogen) atoms. The van der Waals surface area contributed by atoms with Crippen LogP contribution < -0.4 is 4.74 Å². The Bertz CT molecular complexity index is 1270. The average Bonchev–Trinajstić information content (AvgIpc) is 3.53. The van der Waals surface area contributed by atoms with Gasteiger partial charge in [-0.2, -0.15) is 0 Å². The number of H-pyrrole nitrogens is 1. The van der Waals surface area contributed by atoms with Gasteiger partial charge in [-0.05, 0) is 85.4 Å². The largest absolute Gasteiger partial charge is 0.496 e. The molecule has 0 atom stereocenters. The molecule has 5 rings (SSSR count). The molecule has 1 aliphatic heterocycles. The first-order chi connectivity index (χ1) is 16.6. The normalized spacial score (nSPS) is 15.0. The summed E-state index contributed by atoms with van der Waals surface area (Å²) in [4.78, 5) is 18.3. The lowest BCUT2D eigenvalue weighted by molar-refractivity contribution is 0.0441. The highest BCUT2D eigenvalue weighted by molar-refractivity contribution is 5.92. The van der Waals surface area contributed by atoms with Gasteiger partial charge in [0.25, 0.3) is 0 Å². The lowest BCUT2D eigenvalue weighted by atomic mass is 9.89. The molecule has 1 N–H and O–H groups in total. The maximum atomic E-state index is 13.5. The van der Waals surface area contributed by atoms with E-state index in [4.69, 9.17) is 13.9 Å². The number of aromatic nitrogens is 1. The first-order valence-electron chi connectivity index (χ1n) is 11.5. The fourth-order valence-corrected chi connectivity index (χ4v) is 4.74. The fourth-order valence-electron chi connectivity index (χ4n) is 4.74. The maximum Gasteiger partial charge on any atom is 0.342 e. The number of ether oxygens (including phenoxy) is 2. The highest BCUT2D eigenvalue weighted by Crippen LogP contribution is 2.34. The third-order valence-electron chi connectivity index (χ3n) is 6.52. The molecule has 0 saturated carbocycles. The Morgan fingerprint density at radius 3 is 2.79 bits per heavy atom. The molecular formula is C27H27FN2O4. The molecule has 0 amide bonds. The van der Waals surface area contributed by atoms with Crippen molar-refractivity contribution in [1.82, 2.24) is 9.88 Å². The molecule has 0 bridgehead atoms. The van der Waals surface area contributed by atoms with Gasteiger partial charge in [0, 0.05) is 23.6 Å². The number of hydrogen-bond donors (Lipinski definition) is 1. The van der Waals surface area contributed by atoms with E-state index in [1.165, 1.54) is 11.6 Å². The number of methoxy groups -OCH3 is 1. The number of nitrogens with one attached hydrogen (secondary N) is 1. The fraction of sp³-hybridized carbons (Fsp3) is 0.296. The van der Waals surface area contributed by atoms with Gasteiger partial charge in [-0.15, -0.1) is 0 Å². The Morgan fingerprint density at radius 1 is 1.18 bits per heavy atom. The van der Waals surface area contributed by atoms with Crippen LogP contribution in [0.3, 0.4) is 0 Å². The number of esters is 1. The summed E-state index contributed by atoms with van der Waals surface area (Å²) in [6, 6.07) is 14.1. The topological polar surface area (TPSA) is 67.7 Å². The van der Waals surface area contributed by atoms with Crippen molar-refractivity contribution in [3.8, 4) is 5.75 Å². The van der Waals surface area contributed by atoms with Crippen molar-refractivity contribution in [3.05, 3.63) is 89.3 Å². The molecule has 0 unspecified atom stereocenters. The van der Waals surface area contributed by atoms with Crippen molar-refractivity contribution in [3.63, 3.8) is 0 Å². The molecule has 1 saturated heterocycles. The Morgan fingerprint density at radius 2 is 2.03 bits per heavy atom. The minimum atomic E-state index is -0.440. The number of nitrogens with zero attached hydrogens (tertiary/aromatic N) is 1. The second kappa shape index (κ2) is 9.73. The molecule has 3 heterocycles. The first kappa shape index (κ1) is 22.2. The summed E-state index contributed by atoms with van der Waals surface area (Å²) in [5.74, 6) is 0.858. The van der Waals surface area contributed by atoms with E-state index < -0.39 is 5.97 Å². The summed E-state index contributed by atoms with van der Waals surface area (Å²) in [7, 11) is 1.54. The molecule has 0 aliphatic carbocycles. The second-order valence-corrected chi connectivity index (χ2v) is 8.67. The van der Waals surface area contributed by atoms with E-state index in [-0.39, 0.29) is 12.4 Å². The molecular weight excluding hydrogens is 435 g/mol. The molecule has 1 fully saturated rings. The molecule has 2 aromatic carbocycles. The predicted octanol–water partition coefficient (Wildman–Crippen LogP) is 5.65. The number of rotatable bonds is 7. The number of benzene rings is 2. The average molecular weight is 463 g/mol. The van der Waals surface area contributed by atoms with Crippen molar-refractivity contribution in [1.29, 1.82) is 0 Å². The quantitative estimate of drug-likeness (QED) is 0.360. The van der Waals surface area contributed by atoms with Crippen LogP contribution in [-0.4, -0.2) is 36.1 Å².